The number of carbonyl (C=O) groups is 1. The van der Waals surface area contributed by atoms with E-state index in [4.69, 9.17) is 0 Å². The number of alkyl halides is 3. The zero-order chi connectivity index (χ0) is 17.8. The van der Waals surface area contributed by atoms with Crippen LogP contribution >= 0.6 is 0 Å². The smallest absolute Gasteiger partial charge is 0.298 e. The third-order valence-corrected chi connectivity index (χ3v) is 6.20. The van der Waals surface area contributed by atoms with Gasteiger partial charge in [0.15, 0.2) is 5.71 Å². The molecule has 2 fully saturated rings. The molecule has 0 heterocycles. The van der Waals surface area contributed by atoms with Crippen LogP contribution in [0.15, 0.2) is 35.4 Å². The molecule has 24 heavy (non-hydrogen) atoms. The molecule has 0 saturated heterocycles. The number of ketones is 1. The molecule has 0 radical (unpaired) electrons. The van der Waals surface area contributed by atoms with Crippen molar-refractivity contribution in [3.05, 3.63) is 30.3 Å². The molecule has 2 bridgehead atoms. The molecule has 3 nitrogen and oxygen atoms in total. The zero-order valence-electron chi connectivity index (χ0n) is 13.9. The third-order valence-electron chi connectivity index (χ3n) is 6.20. The number of fused-ring (bicyclic) bond motifs is 2. The highest BCUT2D eigenvalue weighted by Gasteiger charge is 2.69. The summed E-state index contributed by atoms with van der Waals surface area (Å²) in [6, 6.07) is 8.44. The number of nitrogens with zero attached hydrogens (tertiary/aromatic N) is 1. The number of hydrogen-bond donors (Lipinski definition) is 1. The molecular weight excluding hydrogens is 317 g/mol. The van der Waals surface area contributed by atoms with Crippen molar-refractivity contribution in [1.29, 1.82) is 0 Å². The minimum Gasteiger partial charge on any atom is -0.298 e. The van der Waals surface area contributed by atoms with Gasteiger partial charge in [0.05, 0.1) is 11.6 Å². The van der Waals surface area contributed by atoms with Crippen molar-refractivity contribution >= 4 is 17.2 Å². The van der Waals surface area contributed by atoms with Gasteiger partial charge in [0, 0.05) is 5.41 Å². The van der Waals surface area contributed by atoms with E-state index in [0.29, 0.717) is 18.5 Å². The summed E-state index contributed by atoms with van der Waals surface area (Å²) in [6.07, 6.45) is -3.36. The van der Waals surface area contributed by atoms with Crippen molar-refractivity contribution < 1.29 is 18.0 Å². The first kappa shape index (κ1) is 17.0. The molecule has 0 aromatic heterocycles. The van der Waals surface area contributed by atoms with E-state index in [1.165, 1.54) is 0 Å². The summed E-state index contributed by atoms with van der Waals surface area (Å²) in [4.78, 5) is 12.8. The van der Waals surface area contributed by atoms with Gasteiger partial charge in [0.1, 0.15) is 5.78 Å². The van der Waals surface area contributed by atoms with Crippen LogP contribution in [-0.2, 0) is 4.79 Å². The highest BCUT2D eigenvalue weighted by molar-refractivity contribution is 6.12. The summed E-state index contributed by atoms with van der Waals surface area (Å²) < 4.78 is 40.9. The van der Waals surface area contributed by atoms with Crippen LogP contribution < -0.4 is 5.43 Å². The van der Waals surface area contributed by atoms with Crippen LogP contribution in [0, 0.1) is 22.7 Å². The molecule has 2 aliphatic rings. The maximum Gasteiger partial charge on any atom is 0.431 e. The van der Waals surface area contributed by atoms with E-state index < -0.39 is 28.6 Å². The second-order valence-electron chi connectivity index (χ2n) is 7.51. The highest BCUT2D eigenvalue weighted by atomic mass is 19.4. The molecule has 3 atom stereocenters. The number of halogens is 3. The summed E-state index contributed by atoms with van der Waals surface area (Å²) in [5.41, 5.74) is 0.762. The molecule has 2 saturated carbocycles. The first-order valence-electron chi connectivity index (χ1n) is 8.09. The second kappa shape index (κ2) is 5.33. The van der Waals surface area contributed by atoms with Gasteiger partial charge in [-0.15, -0.1) is 0 Å². The Hall–Kier alpha value is -1.85. The van der Waals surface area contributed by atoms with E-state index in [9.17, 15) is 18.0 Å². The Morgan fingerprint density at radius 1 is 1.21 bits per heavy atom. The molecule has 2 aliphatic carbocycles. The van der Waals surface area contributed by atoms with Crippen molar-refractivity contribution in [2.24, 2.45) is 27.8 Å². The Morgan fingerprint density at radius 2 is 1.83 bits per heavy atom. The molecule has 0 aliphatic heterocycles. The number of hydrazone groups is 1. The summed E-state index contributed by atoms with van der Waals surface area (Å²) in [7, 11) is 0. The number of benzene rings is 1. The zero-order valence-corrected chi connectivity index (χ0v) is 13.9. The minimum absolute atomic E-state index is 0.324. The Labute approximate surface area is 139 Å². The lowest BCUT2D eigenvalue weighted by Gasteiger charge is -2.32. The van der Waals surface area contributed by atoms with Gasteiger partial charge in [-0.25, -0.2) is 0 Å². The van der Waals surface area contributed by atoms with Crippen LogP contribution in [0.2, 0.25) is 0 Å². The summed E-state index contributed by atoms with van der Waals surface area (Å²) in [5, 5.41) is 3.63. The molecular formula is C18H21F3N2O. The fourth-order valence-electron chi connectivity index (χ4n) is 4.35. The number of Topliss-reactive ketones (excluding diaryl/α,β-unsaturated/α-hetero) is 1. The fraction of sp³-hybridized carbons (Fsp3) is 0.556. The van der Waals surface area contributed by atoms with Crippen molar-refractivity contribution in [3.63, 3.8) is 0 Å². The molecule has 6 heteroatoms. The number of hydrogen-bond acceptors (Lipinski definition) is 3. The molecule has 3 rings (SSSR count). The first-order chi connectivity index (χ1) is 11.1. The van der Waals surface area contributed by atoms with Crippen LogP contribution in [0.1, 0.15) is 33.6 Å². The van der Waals surface area contributed by atoms with Crippen LogP contribution in [0.5, 0.6) is 0 Å². The number of nitrogens with one attached hydrogen (secondary N) is 1. The predicted octanol–water partition coefficient (Wildman–Crippen LogP) is 4.66. The highest BCUT2D eigenvalue weighted by Crippen LogP contribution is 2.66. The summed E-state index contributed by atoms with van der Waals surface area (Å²) in [5.74, 6) is -1.84. The van der Waals surface area contributed by atoms with Gasteiger partial charge in [-0.05, 0) is 36.3 Å². The Morgan fingerprint density at radius 3 is 2.33 bits per heavy atom. The average molecular weight is 338 g/mol. The van der Waals surface area contributed by atoms with Gasteiger partial charge < -0.3 is 0 Å². The molecule has 0 spiro atoms. The van der Waals surface area contributed by atoms with Crippen LogP contribution in [0.25, 0.3) is 0 Å². The van der Waals surface area contributed by atoms with E-state index >= 15 is 0 Å². The molecule has 130 valence electrons. The molecule has 1 aromatic carbocycles. The molecule has 1 aromatic rings. The molecule has 0 amide bonds. The molecule has 0 unspecified atom stereocenters. The maximum absolute atomic E-state index is 13.6. The summed E-state index contributed by atoms with van der Waals surface area (Å²) in [6.45, 7) is 5.61. The SMILES string of the molecule is CC1(C)[C@@H]2CC[C@@]1(C)C(=O)[C@@H]2/C(=N\Nc1ccccc1)C(F)(F)F. The van der Waals surface area contributed by atoms with Crippen molar-refractivity contribution in [3.8, 4) is 0 Å². The number of carbonyl (C=O) groups excluding carboxylic acids is 1. The molecule has 1 N–H and O–H groups in total. The second-order valence-corrected chi connectivity index (χ2v) is 7.51. The van der Waals surface area contributed by atoms with E-state index in [1.54, 1.807) is 37.3 Å². The fourth-order valence-corrected chi connectivity index (χ4v) is 4.35. The van der Waals surface area contributed by atoms with E-state index in [2.05, 4.69) is 10.5 Å². The minimum atomic E-state index is -4.64. The van der Waals surface area contributed by atoms with Crippen LogP contribution in [0.4, 0.5) is 18.9 Å². The van der Waals surface area contributed by atoms with Crippen LogP contribution in [-0.4, -0.2) is 17.7 Å². The number of rotatable bonds is 3. The standard InChI is InChI=1S/C18H21F3N2O/c1-16(2)12-9-10-17(16,3)15(24)13(12)14(18(19,20)21)23-22-11-7-5-4-6-8-11/h4-8,12-13,22H,9-10H2,1-3H3/b23-14+/t12-,13+,17+/m1/s1. The monoisotopic (exact) mass is 338 g/mol. The maximum atomic E-state index is 13.6. The van der Waals surface area contributed by atoms with Gasteiger partial charge in [0.2, 0.25) is 0 Å². The van der Waals surface area contributed by atoms with Gasteiger partial charge in [-0.3, -0.25) is 10.2 Å². The largest absolute Gasteiger partial charge is 0.431 e. The van der Waals surface area contributed by atoms with Crippen molar-refractivity contribution in [2.45, 2.75) is 39.8 Å². The Kier molecular flexibility index (Phi) is 3.77. The van der Waals surface area contributed by atoms with E-state index in [1.807, 2.05) is 13.8 Å². The number of para-hydroxylation sites is 1. The topological polar surface area (TPSA) is 41.5 Å². The lowest BCUT2D eigenvalue weighted by Crippen LogP contribution is -2.41. The van der Waals surface area contributed by atoms with Gasteiger partial charge in [-0.1, -0.05) is 39.0 Å². The van der Waals surface area contributed by atoms with Crippen LogP contribution in [0.3, 0.4) is 0 Å². The van der Waals surface area contributed by atoms with Crippen molar-refractivity contribution in [1.82, 2.24) is 0 Å². The normalized spacial score (nSPS) is 32.2. The predicted molar refractivity (Wildman–Crippen MR) is 86.7 cm³/mol. The first-order valence-corrected chi connectivity index (χ1v) is 8.09. The van der Waals surface area contributed by atoms with Gasteiger partial charge >= 0.3 is 6.18 Å². The van der Waals surface area contributed by atoms with Gasteiger partial charge in [-0.2, -0.15) is 18.3 Å². The lowest BCUT2D eigenvalue weighted by atomic mass is 9.70. The average Bonchev–Trinajstić information content (AvgIpc) is 2.81. The number of anilines is 1. The quantitative estimate of drug-likeness (QED) is 0.643. The Balaban J connectivity index is 1.98. The lowest BCUT2D eigenvalue weighted by molar-refractivity contribution is -0.131. The van der Waals surface area contributed by atoms with Gasteiger partial charge in [0.25, 0.3) is 0 Å². The van der Waals surface area contributed by atoms with Crippen molar-refractivity contribution in [2.75, 3.05) is 5.43 Å². The van der Waals surface area contributed by atoms with E-state index in [-0.39, 0.29) is 11.7 Å². The van der Waals surface area contributed by atoms with E-state index in [0.717, 1.165) is 0 Å². The Bertz CT molecular complexity index is 681. The summed E-state index contributed by atoms with van der Waals surface area (Å²) >= 11 is 0. The third kappa shape index (κ3) is 2.34.